The van der Waals surface area contributed by atoms with Crippen LogP contribution in [0.2, 0.25) is 0 Å². The van der Waals surface area contributed by atoms with Crippen LogP contribution in [0, 0.1) is 6.92 Å². The second kappa shape index (κ2) is 6.83. The van der Waals surface area contributed by atoms with Gasteiger partial charge in [-0.2, -0.15) is 5.10 Å². The number of nitrogens with zero attached hydrogens (tertiary/aromatic N) is 5. The summed E-state index contributed by atoms with van der Waals surface area (Å²) in [5, 5.41) is 4.34. The molecule has 1 saturated heterocycles. The van der Waals surface area contributed by atoms with Crippen LogP contribution in [0.3, 0.4) is 0 Å². The highest BCUT2D eigenvalue weighted by Crippen LogP contribution is 2.07. The van der Waals surface area contributed by atoms with E-state index in [-0.39, 0.29) is 0 Å². The Bertz CT molecular complexity index is 543. The minimum Gasteiger partial charge on any atom is -0.299 e. The van der Waals surface area contributed by atoms with E-state index < -0.39 is 0 Å². The van der Waals surface area contributed by atoms with Gasteiger partial charge >= 0.3 is 0 Å². The third-order valence-corrected chi connectivity index (χ3v) is 4.00. The first-order valence-corrected chi connectivity index (χ1v) is 7.62. The Labute approximate surface area is 126 Å². The number of piperazine rings is 1. The van der Waals surface area contributed by atoms with E-state index in [1.54, 1.807) is 0 Å². The Morgan fingerprint density at radius 2 is 1.86 bits per heavy atom. The first-order chi connectivity index (χ1) is 10.3. The minimum atomic E-state index is 0.983. The van der Waals surface area contributed by atoms with Crippen molar-refractivity contribution in [2.75, 3.05) is 32.7 Å². The normalized spacial score (nSPS) is 17.2. The highest BCUT2D eigenvalue weighted by Gasteiger charge is 2.16. The van der Waals surface area contributed by atoms with Crippen LogP contribution in [0.25, 0.3) is 0 Å². The topological polar surface area (TPSA) is 37.2 Å². The van der Waals surface area contributed by atoms with Crippen molar-refractivity contribution < 1.29 is 0 Å². The zero-order valence-electron chi connectivity index (χ0n) is 12.6. The van der Waals surface area contributed by atoms with Crippen molar-refractivity contribution in [2.45, 2.75) is 20.0 Å². The second-order valence-corrected chi connectivity index (χ2v) is 5.76. The van der Waals surface area contributed by atoms with Crippen molar-refractivity contribution >= 4 is 0 Å². The van der Waals surface area contributed by atoms with Gasteiger partial charge in [-0.3, -0.25) is 19.5 Å². The summed E-state index contributed by atoms with van der Waals surface area (Å²) in [5.74, 6) is 0. The summed E-state index contributed by atoms with van der Waals surface area (Å²) in [5.41, 5.74) is 2.54. The SMILES string of the molecule is Cc1cnn(CCN2CCN(Cc3cccnc3)CC2)c1. The highest BCUT2D eigenvalue weighted by molar-refractivity contribution is 5.08. The average Bonchev–Trinajstić information content (AvgIpc) is 2.93. The van der Waals surface area contributed by atoms with Gasteiger partial charge in [-0.05, 0) is 24.1 Å². The first kappa shape index (κ1) is 14.2. The third-order valence-electron chi connectivity index (χ3n) is 4.00. The van der Waals surface area contributed by atoms with Gasteiger partial charge in [-0.1, -0.05) is 6.07 Å². The van der Waals surface area contributed by atoms with Crippen LogP contribution in [0.1, 0.15) is 11.1 Å². The molecule has 3 rings (SSSR count). The Balaban J connectivity index is 1.40. The molecule has 0 bridgehead atoms. The first-order valence-electron chi connectivity index (χ1n) is 7.62. The van der Waals surface area contributed by atoms with Gasteiger partial charge in [0.15, 0.2) is 0 Å². The number of pyridine rings is 1. The van der Waals surface area contributed by atoms with Crippen LogP contribution in [0.4, 0.5) is 0 Å². The molecule has 1 aliphatic rings. The number of aryl methyl sites for hydroxylation is 1. The van der Waals surface area contributed by atoms with E-state index in [4.69, 9.17) is 0 Å². The summed E-state index contributed by atoms with van der Waals surface area (Å²) in [4.78, 5) is 9.21. The highest BCUT2D eigenvalue weighted by atomic mass is 15.3. The summed E-state index contributed by atoms with van der Waals surface area (Å²) in [6, 6.07) is 4.16. The van der Waals surface area contributed by atoms with Crippen molar-refractivity contribution in [1.82, 2.24) is 24.6 Å². The maximum absolute atomic E-state index is 4.34. The van der Waals surface area contributed by atoms with E-state index >= 15 is 0 Å². The van der Waals surface area contributed by atoms with E-state index in [2.05, 4.69) is 39.1 Å². The van der Waals surface area contributed by atoms with Gasteiger partial charge in [0.05, 0.1) is 12.7 Å². The monoisotopic (exact) mass is 285 g/mol. The van der Waals surface area contributed by atoms with Crippen molar-refractivity contribution in [3.8, 4) is 0 Å². The molecule has 21 heavy (non-hydrogen) atoms. The molecule has 3 heterocycles. The molecule has 5 heteroatoms. The van der Waals surface area contributed by atoms with Crippen LogP contribution in [-0.4, -0.2) is 57.3 Å². The molecule has 0 amide bonds. The van der Waals surface area contributed by atoms with Crippen LogP contribution in [0.15, 0.2) is 36.9 Å². The predicted octanol–water partition coefficient (Wildman–Crippen LogP) is 1.40. The molecule has 0 aliphatic carbocycles. The maximum atomic E-state index is 4.34. The summed E-state index contributed by atoms with van der Waals surface area (Å²) < 4.78 is 2.04. The molecule has 0 saturated carbocycles. The lowest BCUT2D eigenvalue weighted by molar-refractivity contribution is 0.123. The molecular weight excluding hydrogens is 262 g/mol. The molecule has 0 N–H and O–H groups in total. The molecule has 2 aromatic heterocycles. The Kier molecular flexibility index (Phi) is 4.62. The summed E-state index contributed by atoms with van der Waals surface area (Å²) >= 11 is 0. The molecule has 5 nitrogen and oxygen atoms in total. The number of rotatable bonds is 5. The van der Waals surface area contributed by atoms with E-state index in [1.807, 2.05) is 29.3 Å². The van der Waals surface area contributed by atoms with Crippen molar-refractivity contribution in [3.05, 3.63) is 48.0 Å². The van der Waals surface area contributed by atoms with Crippen LogP contribution in [0.5, 0.6) is 0 Å². The third kappa shape index (κ3) is 4.12. The van der Waals surface area contributed by atoms with E-state index in [9.17, 15) is 0 Å². The Morgan fingerprint density at radius 3 is 2.52 bits per heavy atom. The molecule has 1 aliphatic heterocycles. The molecule has 2 aromatic rings. The second-order valence-electron chi connectivity index (χ2n) is 5.76. The number of hydrogen-bond acceptors (Lipinski definition) is 4. The fourth-order valence-electron chi connectivity index (χ4n) is 2.75. The molecule has 0 spiro atoms. The van der Waals surface area contributed by atoms with Gasteiger partial charge in [0.25, 0.3) is 0 Å². The molecule has 0 unspecified atom stereocenters. The Morgan fingerprint density at radius 1 is 1.05 bits per heavy atom. The largest absolute Gasteiger partial charge is 0.299 e. The van der Waals surface area contributed by atoms with Gasteiger partial charge in [-0.15, -0.1) is 0 Å². The number of hydrogen-bond donors (Lipinski definition) is 0. The van der Waals surface area contributed by atoms with Crippen molar-refractivity contribution in [2.24, 2.45) is 0 Å². The van der Waals surface area contributed by atoms with Crippen LogP contribution in [-0.2, 0) is 13.1 Å². The van der Waals surface area contributed by atoms with Gasteiger partial charge in [0.1, 0.15) is 0 Å². The summed E-state index contributed by atoms with van der Waals surface area (Å²) in [6.45, 7) is 9.71. The van der Waals surface area contributed by atoms with E-state index in [0.29, 0.717) is 0 Å². The zero-order chi connectivity index (χ0) is 14.5. The van der Waals surface area contributed by atoms with Crippen LogP contribution >= 0.6 is 0 Å². The lowest BCUT2D eigenvalue weighted by atomic mass is 10.2. The molecule has 0 atom stereocenters. The lowest BCUT2D eigenvalue weighted by Gasteiger charge is -2.34. The quantitative estimate of drug-likeness (QED) is 0.832. The van der Waals surface area contributed by atoms with Crippen molar-refractivity contribution in [3.63, 3.8) is 0 Å². The molecule has 0 radical (unpaired) electrons. The smallest absolute Gasteiger partial charge is 0.0536 e. The van der Waals surface area contributed by atoms with Gasteiger partial charge < -0.3 is 0 Å². The standard InChI is InChI=1S/C16H23N5/c1-15-11-18-21(13-15)10-9-19-5-7-20(8-6-19)14-16-3-2-4-17-12-16/h2-4,11-13H,5-10,14H2,1H3. The van der Waals surface area contributed by atoms with Gasteiger partial charge in [0.2, 0.25) is 0 Å². The zero-order valence-corrected chi connectivity index (χ0v) is 12.6. The maximum Gasteiger partial charge on any atom is 0.0536 e. The van der Waals surface area contributed by atoms with Crippen LogP contribution < -0.4 is 0 Å². The predicted molar refractivity (Wildman–Crippen MR) is 82.9 cm³/mol. The molecule has 112 valence electrons. The van der Waals surface area contributed by atoms with E-state index in [0.717, 1.165) is 45.8 Å². The summed E-state index contributed by atoms with van der Waals surface area (Å²) in [7, 11) is 0. The fourth-order valence-corrected chi connectivity index (χ4v) is 2.75. The van der Waals surface area contributed by atoms with E-state index in [1.165, 1.54) is 11.1 Å². The Hall–Kier alpha value is -1.72. The van der Waals surface area contributed by atoms with Gasteiger partial charge in [-0.25, -0.2) is 0 Å². The average molecular weight is 285 g/mol. The van der Waals surface area contributed by atoms with Gasteiger partial charge in [0, 0.05) is 57.9 Å². The minimum absolute atomic E-state index is 0.983. The number of aromatic nitrogens is 3. The summed E-state index contributed by atoms with van der Waals surface area (Å²) in [6.07, 6.45) is 7.83. The lowest BCUT2D eigenvalue weighted by Crippen LogP contribution is -2.46. The molecular formula is C16H23N5. The molecule has 1 fully saturated rings. The molecule has 0 aromatic carbocycles. The van der Waals surface area contributed by atoms with Crippen molar-refractivity contribution in [1.29, 1.82) is 0 Å². The fraction of sp³-hybridized carbons (Fsp3) is 0.500.